The van der Waals surface area contributed by atoms with Crippen molar-refractivity contribution in [2.24, 2.45) is 0 Å². The van der Waals surface area contributed by atoms with Crippen molar-refractivity contribution >= 4 is 11.7 Å². The maximum atomic E-state index is 10.9. The lowest BCUT2D eigenvalue weighted by molar-refractivity contribution is -0.140. The summed E-state index contributed by atoms with van der Waals surface area (Å²) in [6, 6.07) is 3.80. The van der Waals surface area contributed by atoms with E-state index in [1.54, 1.807) is 12.4 Å². The number of aromatic nitrogens is 1. The molecule has 0 saturated carbocycles. The Hall–Kier alpha value is -1.58. The molecule has 0 aromatic carbocycles. The van der Waals surface area contributed by atoms with E-state index >= 15 is 0 Å². The summed E-state index contributed by atoms with van der Waals surface area (Å²) in [4.78, 5) is 16.8. The maximum Gasteiger partial charge on any atom is 0.307 e. The minimum Gasteiger partial charge on any atom is -0.469 e. The largest absolute Gasteiger partial charge is 0.469 e. The summed E-state index contributed by atoms with van der Waals surface area (Å²) in [7, 11) is 3.33. The molecule has 0 aliphatic carbocycles. The molecule has 0 radical (unpaired) electrons. The van der Waals surface area contributed by atoms with Gasteiger partial charge in [0, 0.05) is 31.7 Å². The molecular weight excluding hydrogens is 180 g/mol. The lowest BCUT2D eigenvalue weighted by Gasteiger charge is -2.17. The minimum absolute atomic E-state index is 0.189. The van der Waals surface area contributed by atoms with Crippen LogP contribution in [0.25, 0.3) is 0 Å². The van der Waals surface area contributed by atoms with E-state index in [-0.39, 0.29) is 5.97 Å². The van der Waals surface area contributed by atoms with Gasteiger partial charge in [-0.2, -0.15) is 0 Å². The molecule has 0 bridgehead atoms. The predicted octanol–water partition coefficient (Wildman–Crippen LogP) is 1.08. The Morgan fingerprint density at radius 1 is 1.50 bits per heavy atom. The predicted molar refractivity (Wildman–Crippen MR) is 54.1 cm³/mol. The van der Waals surface area contributed by atoms with Gasteiger partial charge in [-0.3, -0.25) is 9.78 Å². The molecule has 0 aliphatic heterocycles. The van der Waals surface area contributed by atoms with E-state index in [9.17, 15) is 4.79 Å². The first kappa shape index (κ1) is 10.5. The molecule has 1 aromatic heterocycles. The fraction of sp³-hybridized carbons (Fsp3) is 0.400. The van der Waals surface area contributed by atoms with Crippen LogP contribution >= 0.6 is 0 Å². The second kappa shape index (κ2) is 5.21. The number of anilines is 1. The van der Waals surface area contributed by atoms with Crippen LogP contribution < -0.4 is 4.90 Å². The van der Waals surface area contributed by atoms with E-state index < -0.39 is 0 Å². The summed E-state index contributed by atoms with van der Waals surface area (Å²) in [5, 5.41) is 0. The van der Waals surface area contributed by atoms with Crippen LogP contribution in [0, 0.1) is 0 Å². The van der Waals surface area contributed by atoms with Crippen LogP contribution in [0.15, 0.2) is 24.5 Å². The number of esters is 1. The highest BCUT2D eigenvalue weighted by atomic mass is 16.5. The van der Waals surface area contributed by atoms with E-state index in [0.717, 1.165) is 5.69 Å². The van der Waals surface area contributed by atoms with E-state index in [2.05, 4.69) is 9.72 Å². The summed E-state index contributed by atoms with van der Waals surface area (Å²) in [5.41, 5.74) is 1.05. The van der Waals surface area contributed by atoms with E-state index in [1.165, 1.54) is 7.11 Å². The van der Waals surface area contributed by atoms with Crippen molar-refractivity contribution in [1.82, 2.24) is 4.98 Å². The first-order valence-electron chi connectivity index (χ1n) is 4.42. The summed E-state index contributed by atoms with van der Waals surface area (Å²) >= 11 is 0. The number of ether oxygens (including phenoxy) is 1. The standard InChI is InChI=1S/C10H14N2O2/c1-12(8-5-10(13)14-2)9-3-6-11-7-4-9/h3-4,6-7H,5,8H2,1-2H3. The van der Waals surface area contributed by atoms with Crippen molar-refractivity contribution < 1.29 is 9.53 Å². The monoisotopic (exact) mass is 194 g/mol. The topological polar surface area (TPSA) is 42.4 Å². The molecule has 4 nitrogen and oxygen atoms in total. The Balaban J connectivity index is 2.43. The highest BCUT2D eigenvalue weighted by Gasteiger charge is 2.04. The molecule has 0 saturated heterocycles. The van der Waals surface area contributed by atoms with Crippen LogP contribution in [0.5, 0.6) is 0 Å². The zero-order valence-corrected chi connectivity index (χ0v) is 8.43. The SMILES string of the molecule is COC(=O)CCN(C)c1ccncc1. The number of hydrogen-bond acceptors (Lipinski definition) is 4. The van der Waals surface area contributed by atoms with E-state index in [1.807, 2.05) is 24.1 Å². The molecule has 0 amide bonds. The van der Waals surface area contributed by atoms with Gasteiger partial charge in [-0.25, -0.2) is 0 Å². The van der Waals surface area contributed by atoms with Gasteiger partial charge in [0.1, 0.15) is 0 Å². The number of hydrogen-bond donors (Lipinski definition) is 0. The van der Waals surface area contributed by atoms with Crippen molar-refractivity contribution in [2.45, 2.75) is 6.42 Å². The van der Waals surface area contributed by atoms with Crippen molar-refractivity contribution in [1.29, 1.82) is 0 Å². The van der Waals surface area contributed by atoms with E-state index in [4.69, 9.17) is 0 Å². The van der Waals surface area contributed by atoms with Crippen LogP contribution in [0.2, 0.25) is 0 Å². The zero-order valence-electron chi connectivity index (χ0n) is 8.43. The van der Waals surface area contributed by atoms with Crippen LogP contribution in [0.4, 0.5) is 5.69 Å². The Bertz CT molecular complexity index is 287. The van der Waals surface area contributed by atoms with Crippen LogP contribution in [-0.4, -0.2) is 31.7 Å². The third-order valence-electron chi connectivity index (χ3n) is 1.98. The second-order valence-electron chi connectivity index (χ2n) is 2.95. The summed E-state index contributed by atoms with van der Waals surface area (Å²) in [6.07, 6.45) is 3.85. The number of pyridine rings is 1. The molecule has 14 heavy (non-hydrogen) atoms. The quantitative estimate of drug-likeness (QED) is 0.673. The van der Waals surface area contributed by atoms with E-state index in [0.29, 0.717) is 13.0 Å². The van der Waals surface area contributed by atoms with Gasteiger partial charge in [-0.1, -0.05) is 0 Å². The Morgan fingerprint density at radius 3 is 2.71 bits per heavy atom. The molecule has 0 spiro atoms. The maximum absolute atomic E-state index is 10.9. The molecular formula is C10H14N2O2. The summed E-state index contributed by atoms with van der Waals surface area (Å²) < 4.78 is 4.56. The Kier molecular flexibility index (Phi) is 3.91. The lowest BCUT2D eigenvalue weighted by atomic mass is 10.3. The van der Waals surface area contributed by atoms with Gasteiger partial charge in [0.2, 0.25) is 0 Å². The number of nitrogens with zero attached hydrogens (tertiary/aromatic N) is 2. The number of methoxy groups -OCH3 is 1. The van der Waals surface area contributed by atoms with Crippen LogP contribution in [-0.2, 0) is 9.53 Å². The smallest absolute Gasteiger partial charge is 0.307 e. The molecule has 76 valence electrons. The number of rotatable bonds is 4. The van der Waals surface area contributed by atoms with Gasteiger partial charge >= 0.3 is 5.97 Å². The van der Waals surface area contributed by atoms with Gasteiger partial charge < -0.3 is 9.64 Å². The minimum atomic E-state index is -0.189. The number of carbonyl (C=O) groups excluding carboxylic acids is 1. The Morgan fingerprint density at radius 2 is 2.14 bits per heavy atom. The van der Waals surface area contributed by atoms with Crippen molar-refractivity contribution in [2.75, 3.05) is 25.6 Å². The first-order valence-corrected chi connectivity index (χ1v) is 4.42. The second-order valence-corrected chi connectivity index (χ2v) is 2.95. The molecule has 1 rings (SSSR count). The highest BCUT2D eigenvalue weighted by molar-refractivity contribution is 5.70. The van der Waals surface area contributed by atoms with Crippen LogP contribution in [0.1, 0.15) is 6.42 Å². The normalized spacial score (nSPS) is 9.57. The fourth-order valence-electron chi connectivity index (χ4n) is 1.09. The molecule has 0 atom stereocenters. The van der Waals surface area contributed by atoms with Crippen molar-refractivity contribution in [3.05, 3.63) is 24.5 Å². The summed E-state index contributed by atoms with van der Waals surface area (Å²) in [6.45, 7) is 0.649. The molecule has 0 aliphatic rings. The zero-order chi connectivity index (χ0) is 10.4. The third-order valence-corrected chi connectivity index (χ3v) is 1.98. The average molecular weight is 194 g/mol. The van der Waals surface area contributed by atoms with Gasteiger partial charge in [-0.15, -0.1) is 0 Å². The third kappa shape index (κ3) is 3.05. The first-order chi connectivity index (χ1) is 6.74. The molecule has 0 unspecified atom stereocenters. The van der Waals surface area contributed by atoms with Gasteiger partial charge in [-0.05, 0) is 12.1 Å². The average Bonchev–Trinajstić information content (AvgIpc) is 2.26. The molecule has 1 heterocycles. The molecule has 0 fully saturated rings. The van der Waals surface area contributed by atoms with Crippen molar-refractivity contribution in [3.63, 3.8) is 0 Å². The highest BCUT2D eigenvalue weighted by Crippen LogP contribution is 2.09. The molecule has 4 heteroatoms. The fourth-order valence-corrected chi connectivity index (χ4v) is 1.09. The lowest BCUT2D eigenvalue weighted by Crippen LogP contribution is -2.21. The van der Waals surface area contributed by atoms with Gasteiger partial charge in [0.05, 0.1) is 13.5 Å². The van der Waals surface area contributed by atoms with Gasteiger partial charge in [0.25, 0.3) is 0 Å². The molecule has 1 aromatic rings. The van der Waals surface area contributed by atoms with Gasteiger partial charge in [0.15, 0.2) is 0 Å². The Labute approximate surface area is 83.5 Å². The summed E-state index contributed by atoms with van der Waals surface area (Å²) in [5.74, 6) is -0.189. The molecule has 0 N–H and O–H groups in total. The van der Waals surface area contributed by atoms with Crippen molar-refractivity contribution in [3.8, 4) is 0 Å². The number of carbonyl (C=O) groups is 1. The van der Waals surface area contributed by atoms with Crippen LogP contribution in [0.3, 0.4) is 0 Å².